The standard InChI is InChI=1S/C12H18N2O2S.ClH/c1-12(2,8-13)14-11(16)7-17-10-5-3-9(15)4-6-10;/h3-6,15H,7-8,13H2,1-2H3,(H,14,16);1H. The molecular formula is C12H19ClN2O2S. The zero-order valence-electron chi connectivity index (χ0n) is 10.5. The molecule has 0 aromatic heterocycles. The SMILES string of the molecule is CC(C)(CN)NC(=O)CSc1ccc(O)cc1.Cl. The first-order chi connectivity index (χ1) is 7.93. The van der Waals surface area contributed by atoms with Crippen molar-refractivity contribution in [2.45, 2.75) is 24.3 Å². The number of aromatic hydroxyl groups is 1. The third-order valence-electron chi connectivity index (χ3n) is 2.19. The second kappa shape index (κ2) is 7.51. The molecule has 0 saturated heterocycles. The minimum Gasteiger partial charge on any atom is -0.508 e. The zero-order chi connectivity index (χ0) is 12.9. The molecule has 0 saturated carbocycles. The Labute approximate surface area is 118 Å². The lowest BCUT2D eigenvalue weighted by Crippen LogP contribution is -2.49. The third-order valence-corrected chi connectivity index (χ3v) is 3.21. The second-order valence-corrected chi connectivity index (χ2v) is 5.47. The van der Waals surface area contributed by atoms with Crippen LogP contribution >= 0.6 is 24.2 Å². The number of benzene rings is 1. The predicted molar refractivity (Wildman–Crippen MR) is 77.4 cm³/mol. The Morgan fingerprint density at radius 2 is 1.94 bits per heavy atom. The number of thioether (sulfide) groups is 1. The maximum Gasteiger partial charge on any atom is 0.230 e. The lowest BCUT2D eigenvalue weighted by molar-refractivity contribution is -0.120. The van der Waals surface area contributed by atoms with Crippen molar-refractivity contribution >= 4 is 30.1 Å². The summed E-state index contributed by atoms with van der Waals surface area (Å²) in [5, 5.41) is 12.0. The van der Waals surface area contributed by atoms with Gasteiger partial charge in [0.05, 0.1) is 5.75 Å². The van der Waals surface area contributed by atoms with Crippen LogP contribution in [0.15, 0.2) is 29.2 Å². The van der Waals surface area contributed by atoms with Crippen LogP contribution in [0.4, 0.5) is 0 Å². The first-order valence-electron chi connectivity index (χ1n) is 5.36. The molecule has 4 N–H and O–H groups in total. The molecule has 1 rings (SSSR count). The van der Waals surface area contributed by atoms with Gasteiger partial charge in [-0.2, -0.15) is 0 Å². The number of nitrogens with one attached hydrogen (secondary N) is 1. The molecule has 6 heteroatoms. The summed E-state index contributed by atoms with van der Waals surface area (Å²) in [4.78, 5) is 12.6. The number of hydrogen-bond donors (Lipinski definition) is 3. The molecule has 1 aromatic rings. The molecule has 0 aliphatic carbocycles. The smallest absolute Gasteiger partial charge is 0.230 e. The summed E-state index contributed by atoms with van der Waals surface area (Å²) in [6.45, 7) is 4.18. The van der Waals surface area contributed by atoms with Crippen molar-refractivity contribution in [1.29, 1.82) is 0 Å². The van der Waals surface area contributed by atoms with Gasteiger partial charge < -0.3 is 16.2 Å². The molecule has 0 atom stereocenters. The van der Waals surface area contributed by atoms with E-state index in [0.717, 1.165) is 4.90 Å². The van der Waals surface area contributed by atoms with Gasteiger partial charge in [-0.1, -0.05) is 0 Å². The molecule has 0 spiro atoms. The van der Waals surface area contributed by atoms with Crippen LogP contribution in [0.2, 0.25) is 0 Å². The number of carbonyl (C=O) groups excluding carboxylic acids is 1. The number of carbonyl (C=O) groups is 1. The van der Waals surface area contributed by atoms with E-state index in [0.29, 0.717) is 12.3 Å². The van der Waals surface area contributed by atoms with E-state index >= 15 is 0 Å². The molecule has 4 nitrogen and oxygen atoms in total. The first kappa shape index (κ1) is 17.1. The van der Waals surface area contributed by atoms with Crippen LogP contribution < -0.4 is 11.1 Å². The Bertz CT molecular complexity index is 382. The number of halogens is 1. The lowest BCUT2D eigenvalue weighted by Gasteiger charge is -2.24. The molecule has 0 heterocycles. The number of phenolic OH excluding ortho intramolecular Hbond substituents is 1. The zero-order valence-corrected chi connectivity index (χ0v) is 12.1. The van der Waals surface area contributed by atoms with E-state index in [1.54, 1.807) is 24.3 Å². The lowest BCUT2D eigenvalue weighted by atomic mass is 10.1. The van der Waals surface area contributed by atoms with Gasteiger partial charge in [-0.15, -0.1) is 24.2 Å². The van der Waals surface area contributed by atoms with Gasteiger partial charge in [0.2, 0.25) is 5.91 Å². The van der Waals surface area contributed by atoms with Crippen LogP contribution in [0.25, 0.3) is 0 Å². The predicted octanol–water partition coefficient (Wildman–Crippen LogP) is 1.76. The van der Waals surface area contributed by atoms with Gasteiger partial charge in [-0.3, -0.25) is 4.79 Å². The van der Waals surface area contributed by atoms with Crippen molar-refractivity contribution < 1.29 is 9.90 Å². The topological polar surface area (TPSA) is 75.3 Å². The van der Waals surface area contributed by atoms with Crippen LogP contribution in [-0.4, -0.2) is 28.9 Å². The van der Waals surface area contributed by atoms with Crippen LogP contribution in [-0.2, 0) is 4.79 Å². The van der Waals surface area contributed by atoms with E-state index in [1.165, 1.54) is 11.8 Å². The fourth-order valence-corrected chi connectivity index (χ4v) is 1.85. The van der Waals surface area contributed by atoms with E-state index in [9.17, 15) is 4.79 Å². The van der Waals surface area contributed by atoms with Crippen molar-refractivity contribution in [2.24, 2.45) is 5.73 Å². The van der Waals surface area contributed by atoms with Crippen LogP contribution in [0.5, 0.6) is 5.75 Å². The summed E-state index contributed by atoms with van der Waals surface area (Å²) in [6.07, 6.45) is 0. The van der Waals surface area contributed by atoms with Crippen molar-refractivity contribution in [3.8, 4) is 5.75 Å². The van der Waals surface area contributed by atoms with E-state index < -0.39 is 0 Å². The third kappa shape index (κ3) is 6.14. The first-order valence-corrected chi connectivity index (χ1v) is 6.34. The second-order valence-electron chi connectivity index (χ2n) is 4.42. The molecule has 0 aliphatic heterocycles. The van der Waals surface area contributed by atoms with E-state index in [-0.39, 0.29) is 29.6 Å². The van der Waals surface area contributed by atoms with E-state index in [2.05, 4.69) is 5.32 Å². The van der Waals surface area contributed by atoms with Crippen molar-refractivity contribution in [2.75, 3.05) is 12.3 Å². The molecule has 102 valence electrons. The monoisotopic (exact) mass is 290 g/mol. The summed E-state index contributed by atoms with van der Waals surface area (Å²) < 4.78 is 0. The number of rotatable bonds is 5. The minimum absolute atomic E-state index is 0. The molecule has 0 radical (unpaired) electrons. The van der Waals surface area contributed by atoms with Gasteiger partial charge in [0.15, 0.2) is 0 Å². The molecule has 18 heavy (non-hydrogen) atoms. The summed E-state index contributed by atoms with van der Waals surface area (Å²) in [6, 6.07) is 6.76. The highest BCUT2D eigenvalue weighted by atomic mass is 35.5. The highest BCUT2D eigenvalue weighted by Crippen LogP contribution is 2.20. The summed E-state index contributed by atoms with van der Waals surface area (Å²) >= 11 is 1.42. The number of amides is 1. The van der Waals surface area contributed by atoms with Gasteiger partial charge in [0.1, 0.15) is 5.75 Å². The van der Waals surface area contributed by atoms with Crippen LogP contribution in [0, 0.1) is 0 Å². The summed E-state index contributed by atoms with van der Waals surface area (Å²) in [5.41, 5.74) is 5.16. The average molecular weight is 291 g/mol. The average Bonchev–Trinajstić information content (AvgIpc) is 2.28. The molecular weight excluding hydrogens is 272 g/mol. The highest BCUT2D eigenvalue weighted by Gasteiger charge is 2.17. The van der Waals surface area contributed by atoms with E-state index in [4.69, 9.17) is 10.8 Å². The van der Waals surface area contributed by atoms with Crippen LogP contribution in [0.3, 0.4) is 0 Å². The fraction of sp³-hybridized carbons (Fsp3) is 0.417. The largest absolute Gasteiger partial charge is 0.508 e. The maximum absolute atomic E-state index is 11.6. The van der Waals surface area contributed by atoms with Gasteiger partial charge in [0.25, 0.3) is 0 Å². The van der Waals surface area contributed by atoms with Gasteiger partial charge in [-0.25, -0.2) is 0 Å². The van der Waals surface area contributed by atoms with E-state index in [1.807, 2.05) is 13.8 Å². The molecule has 1 aromatic carbocycles. The van der Waals surface area contributed by atoms with Crippen molar-refractivity contribution in [3.05, 3.63) is 24.3 Å². The Balaban J connectivity index is 0.00000289. The molecule has 0 unspecified atom stereocenters. The fourth-order valence-electron chi connectivity index (χ4n) is 1.16. The summed E-state index contributed by atoms with van der Waals surface area (Å²) in [5.74, 6) is 0.524. The molecule has 1 amide bonds. The Morgan fingerprint density at radius 3 is 2.44 bits per heavy atom. The molecule has 0 aliphatic rings. The normalized spacial score (nSPS) is 10.6. The Morgan fingerprint density at radius 1 is 1.39 bits per heavy atom. The summed E-state index contributed by atoms with van der Waals surface area (Å²) in [7, 11) is 0. The highest BCUT2D eigenvalue weighted by molar-refractivity contribution is 8.00. The quantitative estimate of drug-likeness (QED) is 0.722. The van der Waals surface area contributed by atoms with Gasteiger partial charge in [0, 0.05) is 17.0 Å². The van der Waals surface area contributed by atoms with Crippen molar-refractivity contribution in [3.63, 3.8) is 0 Å². The van der Waals surface area contributed by atoms with Crippen molar-refractivity contribution in [1.82, 2.24) is 5.32 Å². The number of phenols is 1. The van der Waals surface area contributed by atoms with Gasteiger partial charge >= 0.3 is 0 Å². The minimum atomic E-state index is -0.368. The van der Waals surface area contributed by atoms with Gasteiger partial charge in [-0.05, 0) is 38.1 Å². The molecule has 0 fully saturated rings. The number of hydrogen-bond acceptors (Lipinski definition) is 4. The van der Waals surface area contributed by atoms with Crippen LogP contribution in [0.1, 0.15) is 13.8 Å². The Kier molecular flexibility index (Phi) is 7.13. The Hall–Kier alpha value is -0.910. The maximum atomic E-state index is 11.6. The number of nitrogens with two attached hydrogens (primary N) is 1. The molecule has 0 bridgehead atoms.